The normalized spacial score (nSPS) is 15.7. The predicted octanol–water partition coefficient (Wildman–Crippen LogP) is 5.39. The van der Waals surface area contributed by atoms with Crippen LogP contribution in [0.25, 0.3) is 11.1 Å². The zero-order valence-corrected chi connectivity index (χ0v) is 20.9. The molecule has 1 fully saturated rings. The molecule has 0 saturated carbocycles. The van der Waals surface area contributed by atoms with E-state index in [0.717, 1.165) is 35.4 Å². The molecule has 1 saturated heterocycles. The summed E-state index contributed by atoms with van der Waals surface area (Å²) in [4.78, 5) is 41.3. The lowest BCUT2D eigenvalue weighted by Crippen LogP contribution is -2.53. The average molecular weight is 525 g/mol. The number of rotatable bonds is 5. The van der Waals surface area contributed by atoms with Gasteiger partial charge in [-0.05, 0) is 66.4 Å². The third kappa shape index (κ3) is 5.96. The Bertz CT molecular complexity index is 1320. The van der Waals surface area contributed by atoms with E-state index >= 15 is 0 Å². The van der Waals surface area contributed by atoms with Crippen LogP contribution >= 0.6 is 0 Å². The second kappa shape index (κ2) is 11.0. The van der Waals surface area contributed by atoms with E-state index in [1.54, 1.807) is 37.2 Å². The highest BCUT2D eigenvalue weighted by atomic mass is 19.4. The lowest BCUT2D eigenvalue weighted by atomic mass is 9.98. The first-order valence-electron chi connectivity index (χ1n) is 12.0. The molecule has 4 amide bonds. The summed E-state index contributed by atoms with van der Waals surface area (Å²) in [5, 5.41) is 5.10. The zero-order valence-electron chi connectivity index (χ0n) is 20.9. The van der Waals surface area contributed by atoms with Crippen molar-refractivity contribution in [2.24, 2.45) is 0 Å². The molecule has 38 heavy (non-hydrogen) atoms. The van der Waals surface area contributed by atoms with Crippen molar-refractivity contribution in [2.75, 3.05) is 30.9 Å². The Balaban J connectivity index is 1.43. The van der Waals surface area contributed by atoms with Crippen LogP contribution < -0.4 is 15.5 Å². The Morgan fingerprint density at radius 1 is 0.947 bits per heavy atom. The number of hydrogen-bond acceptors (Lipinski definition) is 3. The van der Waals surface area contributed by atoms with E-state index in [4.69, 9.17) is 0 Å². The maximum atomic E-state index is 13.2. The summed E-state index contributed by atoms with van der Waals surface area (Å²) in [7, 11) is 3.39. The minimum atomic E-state index is -4.47. The van der Waals surface area contributed by atoms with Crippen molar-refractivity contribution in [1.82, 2.24) is 10.2 Å². The summed E-state index contributed by atoms with van der Waals surface area (Å²) < 4.78 is 38.2. The number of nitrogens with zero attached hydrogens (tertiary/aromatic N) is 2. The number of benzene rings is 3. The largest absolute Gasteiger partial charge is 0.416 e. The standard InChI is InChI=1S/C28H27F3N4O3/c1-34(2)25(36)23-7-4-3-6-22(23)18-9-15-21(16-10-18)35-17-5-8-24(26(35)37)33-27(38)32-20-13-11-19(12-14-20)28(29,30)31/h3-4,6-7,9-16,24H,5,8,17H2,1-2H3,(H2,32,33,38). The summed E-state index contributed by atoms with van der Waals surface area (Å²) in [6.45, 7) is 0.479. The molecular formula is C28H27F3N4O3. The fourth-order valence-corrected chi connectivity index (χ4v) is 4.32. The van der Waals surface area contributed by atoms with Crippen LogP contribution in [0.5, 0.6) is 0 Å². The van der Waals surface area contributed by atoms with Gasteiger partial charge in [0.2, 0.25) is 5.91 Å². The van der Waals surface area contributed by atoms with Crippen LogP contribution in [0.4, 0.5) is 29.3 Å². The number of carbonyl (C=O) groups excluding carboxylic acids is 3. The van der Waals surface area contributed by atoms with Gasteiger partial charge in [0.05, 0.1) is 5.56 Å². The van der Waals surface area contributed by atoms with Crippen molar-refractivity contribution >= 4 is 29.2 Å². The van der Waals surface area contributed by atoms with Crippen LogP contribution in [-0.4, -0.2) is 49.4 Å². The van der Waals surface area contributed by atoms with Crippen molar-refractivity contribution in [3.63, 3.8) is 0 Å². The first-order valence-corrected chi connectivity index (χ1v) is 12.0. The number of anilines is 2. The third-order valence-electron chi connectivity index (χ3n) is 6.27. The predicted molar refractivity (Wildman–Crippen MR) is 139 cm³/mol. The maximum absolute atomic E-state index is 13.2. The van der Waals surface area contributed by atoms with Gasteiger partial charge in [0.25, 0.3) is 5.91 Å². The second-order valence-corrected chi connectivity index (χ2v) is 9.15. The van der Waals surface area contributed by atoms with Crippen LogP contribution in [0, 0.1) is 0 Å². The molecule has 0 radical (unpaired) electrons. The smallest absolute Gasteiger partial charge is 0.345 e. The molecule has 1 aliphatic heterocycles. The van der Waals surface area contributed by atoms with Crippen molar-refractivity contribution in [3.05, 3.63) is 83.9 Å². The van der Waals surface area contributed by atoms with Crippen LogP contribution in [0.2, 0.25) is 0 Å². The van der Waals surface area contributed by atoms with E-state index in [2.05, 4.69) is 10.6 Å². The van der Waals surface area contributed by atoms with Crippen molar-refractivity contribution in [1.29, 1.82) is 0 Å². The van der Waals surface area contributed by atoms with E-state index in [9.17, 15) is 27.6 Å². The van der Waals surface area contributed by atoms with E-state index in [1.165, 1.54) is 4.90 Å². The van der Waals surface area contributed by atoms with Crippen molar-refractivity contribution in [3.8, 4) is 11.1 Å². The fourth-order valence-electron chi connectivity index (χ4n) is 4.32. The summed E-state index contributed by atoms with van der Waals surface area (Å²) in [5.74, 6) is -0.394. The molecule has 3 aromatic carbocycles. The second-order valence-electron chi connectivity index (χ2n) is 9.15. The summed E-state index contributed by atoms with van der Waals surface area (Å²) >= 11 is 0. The first-order chi connectivity index (χ1) is 18.0. The highest BCUT2D eigenvalue weighted by molar-refractivity contribution is 6.02. The molecule has 0 aliphatic carbocycles. The topological polar surface area (TPSA) is 81.8 Å². The molecule has 1 heterocycles. The van der Waals surface area contributed by atoms with Crippen LogP contribution in [0.3, 0.4) is 0 Å². The molecule has 3 aromatic rings. The summed E-state index contributed by atoms with van der Waals surface area (Å²) in [5.41, 5.74) is 2.20. The van der Waals surface area contributed by atoms with Gasteiger partial charge >= 0.3 is 12.2 Å². The average Bonchev–Trinajstić information content (AvgIpc) is 2.89. The van der Waals surface area contributed by atoms with Gasteiger partial charge in [0.1, 0.15) is 6.04 Å². The fraction of sp³-hybridized carbons (Fsp3) is 0.250. The number of urea groups is 1. The van der Waals surface area contributed by atoms with Crippen LogP contribution in [-0.2, 0) is 11.0 Å². The van der Waals surface area contributed by atoms with Gasteiger partial charge in [-0.15, -0.1) is 0 Å². The highest BCUT2D eigenvalue weighted by Gasteiger charge is 2.32. The number of piperidine rings is 1. The third-order valence-corrected chi connectivity index (χ3v) is 6.27. The van der Waals surface area contributed by atoms with E-state index in [-0.39, 0.29) is 17.5 Å². The number of halogens is 3. The minimum Gasteiger partial charge on any atom is -0.345 e. The lowest BCUT2D eigenvalue weighted by Gasteiger charge is -2.32. The number of nitrogens with one attached hydrogen (secondary N) is 2. The quantitative estimate of drug-likeness (QED) is 0.470. The summed E-state index contributed by atoms with van der Waals surface area (Å²) in [6, 6.07) is 17.2. The Labute approximate surface area is 218 Å². The zero-order chi connectivity index (χ0) is 27.4. The molecule has 1 aliphatic rings. The number of hydrogen-bond donors (Lipinski definition) is 2. The lowest BCUT2D eigenvalue weighted by molar-refractivity contribution is -0.137. The number of amides is 4. The molecule has 10 heteroatoms. The number of alkyl halides is 3. The van der Waals surface area contributed by atoms with E-state index in [0.29, 0.717) is 30.6 Å². The highest BCUT2D eigenvalue weighted by Crippen LogP contribution is 2.30. The molecule has 0 bridgehead atoms. The molecule has 4 rings (SSSR count). The Kier molecular flexibility index (Phi) is 7.70. The molecule has 0 spiro atoms. The van der Waals surface area contributed by atoms with Crippen molar-refractivity contribution in [2.45, 2.75) is 25.1 Å². The molecule has 7 nitrogen and oxygen atoms in total. The van der Waals surface area contributed by atoms with Gasteiger partial charge in [0.15, 0.2) is 0 Å². The number of carbonyl (C=O) groups is 3. The van der Waals surface area contributed by atoms with Gasteiger partial charge in [0, 0.05) is 37.6 Å². The van der Waals surface area contributed by atoms with Crippen molar-refractivity contribution < 1.29 is 27.6 Å². The van der Waals surface area contributed by atoms with Crippen LogP contribution in [0.15, 0.2) is 72.8 Å². The van der Waals surface area contributed by atoms with Gasteiger partial charge in [-0.2, -0.15) is 13.2 Å². The molecule has 0 aromatic heterocycles. The Hall–Kier alpha value is -4.34. The minimum absolute atomic E-state index is 0.112. The molecule has 2 N–H and O–H groups in total. The first kappa shape index (κ1) is 26.7. The van der Waals surface area contributed by atoms with Gasteiger partial charge in [-0.25, -0.2) is 4.79 Å². The van der Waals surface area contributed by atoms with Crippen LogP contribution in [0.1, 0.15) is 28.8 Å². The molecule has 1 unspecified atom stereocenters. The molecule has 198 valence electrons. The van der Waals surface area contributed by atoms with E-state index < -0.39 is 23.8 Å². The van der Waals surface area contributed by atoms with Gasteiger partial charge in [-0.3, -0.25) is 9.59 Å². The maximum Gasteiger partial charge on any atom is 0.416 e. The van der Waals surface area contributed by atoms with E-state index in [1.807, 2.05) is 30.3 Å². The molecular weight excluding hydrogens is 497 g/mol. The SMILES string of the molecule is CN(C)C(=O)c1ccccc1-c1ccc(N2CCCC(NC(=O)Nc3ccc(C(F)(F)F)cc3)C2=O)cc1. The van der Waals surface area contributed by atoms with Gasteiger partial charge < -0.3 is 20.4 Å². The Morgan fingerprint density at radius 2 is 1.61 bits per heavy atom. The van der Waals surface area contributed by atoms with Gasteiger partial charge in [-0.1, -0.05) is 30.3 Å². The Morgan fingerprint density at radius 3 is 2.24 bits per heavy atom. The molecule has 1 atom stereocenters. The monoisotopic (exact) mass is 524 g/mol. The summed E-state index contributed by atoms with van der Waals surface area (Å²) in [6.07, 6.45) is -3.38.